The summed E-state index contributed by atoms with van der Waals surface area (Å²) < 4.78 is 33.7. The minimum absolute atomic E-state index is 0. The van der Waals surface area contributed by atoms with Gasteiger partial charge in [0.1, 0.15) is 11.7 Å². The summed E-state index contributed by atoms with van der Waals surface area (Å²) in [5.41, 5.74) is 3.10. The third-order valence-electron chi connectivity index (χ3n) is 3.22. The van der Waals surface area contributed by atoms with Crippen molar-refractivity contribution in [2.45, 2.75) is 25.5 Å². The Morgan fingerprint density at radius 2 is 2.14 bits per heavy atom. The third kappa shape index (κ3) is 6.93. The van der Waals surface area contributed by atoms with Crippen LogP contribution in [0.5, 0.6) is 0 Å². The van der Waals surface area contributed by atoms with Gasteiger partial charge in [-0.05, 0) is 13.8 Å². The Hall–Kier alpha value is -1.18. The standard InChI is InChI=1S/C12H15N5O9S2.K/c1-12(2,10(20)21)25-16-7(6-4-27-11(13)15-6)8(18)14-5-3-17(9(5)19)26-28(22,23)24;/h4-5H,3H2,1-2H3,(H2,13,15)(H,14,18)(H,20,21)(H,22,23,24);/q;+1/p-1/b16-7+;/t5-;/m0./s1. The van der Waals surface area contributed by atoms with Crippen molar-refractivity contribution in [2.24, 2.45) is 5.16 Å². The van der Waals surface area contributed by atoms with Gasteiger partial charge in [0.05, 0.1) is 12.5 Å². The van der Waals surface area contributed by atoms with Crippen molar-refractivity contribution >= 4 is 50.4 Å². The molecule has 2 rings (SSSR count). The maximum Gasteiger partial charge on any atom is 1.00 e. The Bertz CT molecular complexity index is 945. The fourth-order valence-electron chi connectivity index (χ4n) is 1.71. The molecule has 14 nitrogen and oxygen atoms in total. The normalized spacial score (nSPS) is 17.2. The van der Waals surface area contributed by atoms with E-state index < -0.39 is 45.5 Å². The first-order valence-electron chi connectivity index (χ1n) is 7.28. The third-order valence-corrected chi connectivity index (χ3v) is 4.26. The SMILES string of the molecule is CC(C)(O/N=C(/C(=O)N[C@H]1CN(OS(=O)(=O)O)C1=O)c1csc(N)n1)C(=O)[O-].[K+]. The van der Waals surface area contributed by atoms with Gasteiger partial charge in [-0.15, -0.1) is 15.6 Å². The molecule has 2 amide bonds. The molecule has 0 saturated carbocycles. The number of oxime groups is 1. The Kier molecular flexibility index (Phi) is 8.69. The summed E-state index contributed by atoms with van der Waals surface area (Å²) in [5.74, 6) is -3.54. The van der Waals surface area contributed by atoms with E-state index in [9.17, 15) is 27.9 Å². The van der Waals surface area contributed by atoms with Crippen molar-refractivity contribution in [2.75, 3.05) is 12.3 Å². The topological polar surface area (TPSA) is 214 Å². The van der Waals surface area contributed by atoms with E-state index in [4.69, 9.17) is 15.1 Å². The number of hydrogen-bond acceptors (Lipinski definition) is 12. The number of thiazole rings is 1. The van der Waals surface area contributed by atoms with Gasteiger partial charge in [0, 0.05) is 5.38 Å². The molecule has 4 N–H and O–H groups in total. The van der Waals surface area contributed by atoms with Gasteiger partial charge >= 0.3 is 61.8 Å². The maximum absolute atomic E-state index is 12.4. The Morgan fingerprint density at radius 3 is 2.59 bits per heavy atom. The van der Waals surface area contributed by atoms with E-state index in [1.807, 2.05) is 0 Å². The average molecular weight is 476 g/mol. The number of nitrogen functional groups attached to an aromatic ring is 1. The fraction of sp³-hybridized carbons (Fsp3) is 0.417. The van der Waals surface area contributed by atoms with Crippen LogP contribution in [-0.4, -0.2) is 64.7 Å². The van der Waals surface area contributed by atoms with Crippen molar-refractivity contribution in [3.05, 3.63) is 11.1 Å². The van der Waals surface area contributed by atoms with Crippen molar-refractivity contribution in [1.82, 2.24) is 15.4 Å². The summed E-state index contributed by atoms with van der Waals surface area (Å²) in [6.07, 6.45) is 0. The van der Waals surface area contributed by atoms with Crippen LogP contribution in [0.3, 0.4) is 0 Å². The summed E-state index contributed by atoms with van der Waals surface area (Å²) in [4.78, 5) is 43.9. The van der Waals surface area contributed by atoms with Crippen LogP contribution in [0.4, 0.5) is 5.13 Å². The number of anilines is 1. The van der Waals surface area contributed by atoms with E-state index in [-0.39, 0.29) is 68.8 Å². The number of carbonyl (C=O) groups is 3. The largest absolute Gasteiger partial charge is 1.00 e. The second kappa shape index (κ2) is 9.75. The molecule has 1 atom stereocenters. The number of nitrogens with zero attached hydrogens (tertiary/aromatic N) is 3. The number of nitrogens with two attached hydrogens (primary N) is 1. The number of rotatable bonds is 8. The van der Waals surface area contributed by atoms with Crippen LogP contribution in [-0.2, 0) is 33.9 Å². The second-order valence-corrected chi connectivity index (χ2v) is 7.72. The number of aromatic nitrogens is 1. The fourth-order valence-corrected chi connectivity index (χ4v) is 2.62. The van der Waals surface area contributed by atoms with Gasteiger partial charge in [-0.3, -0.25) is 14.1 Å². The summed E-state index contributed by atoms with van der Waals surface area (Å²) in [6.45, 7) is 1.88. The minimum atomic E-state index is -4.89. The number of carboxylic acids is 1. The van der Waals surface area contributed by atoms with Gasteiger partial charge in [0.15, 0.2) is 16.4 Å². The number of hydrogen-bond donors (Lipinski definition) is 3. The van der Waals surface area contributed by atoms with E-state index >= 15 is 0 Å². The molecule has 2 heterocycles. The molecular weight excluding hydrogens is 461 g/mol. The molecule has 0 aromatic carbocycles. The second-order valence-electron chi connectivity index (χ2n) is 5.83. The molecule has 1 saturated heterocycles. The Balaban J connectivity index is 0.00000420. The molecule has 0 radical (unpaired) electrons. The molecule has 0 bridgehead atoms. The van der Waals surface area contributed by atoms with Crippen molar-refractivity contribution in [3.63, 3.8) is 0 Å². The molecule has 1 fully saturated rings. The molecule has 29 heavy (non-hydrogen) atoms. The number of hydroxylamine groups is 2. The van der Waals surface area contributed by atoms with Crippen LogP contribution < -0.4 is 67.5 Å². The van der Waals surface area contributed by atoms with E-state index in [2.05, 4.69) is 19.7 Å². The van der Waals surface area contributed by atoms with E-state index in [0.29, 0.717) is 5.06 Å². The first-order chi connectivity index (χ1) is 12.8. The molecule has 0 aliphatic carbocycles. The van der Waals surface area contributed by atoms with E-state index in [0.717, 1.165) is 25.2 Å². The van der Waals surface area contributed by atoms with Gasteiger partial charge in [0.25, 0.3) is 11.8 Å². The van der Waals surface area contributed by atoms with E-state index in [1.54, 1.807) is 0 Å². The number of nitrogens with one attached hydrogen (secondary N) is 1. The smallest absolute Gasteiger partial charge is 0.546 e. The first kappa shape index (κ1) is 25.9. The number of amides is 2. The molecule has 154 valence electrons. The summed E-state index contributed by atoms with van der Waals surface area (Å²) in [6, 6.07) is -1.19. The summed E-state index contributed by atoms with van der Waals surface area (Å²) in [7, 11) is -4.89. The summed E-state index contributed by atoms with van der Waals surface area (Å²) >= 11 is 0.968. The van der Waals surface area contributed by atoms with Crippen LogP contribution in [0.1, 0.15) is 19.5 Å². The molecule has 0 unspecified atom stereocenters. The molecule has 0 spiro atoms. The molecule has 17 heteroatoms. The van der Waals surface area contributed by atoms with Crippen LogP contribution in [0.2, 0.25) is 0 Å². The van der Waals surface area contributed by atoms with Gasteiger partial charge < -0.3 is 25.8 Å². The zero-order valence-corrected chi connectivity index (χ0v) is 20.1. The molecule has 1 aliphatic heterocycles. The maximum atomic E-state index is 12.4. The zero-order chi connectivity index (χ0) is 21.3. The van der Waals surface area contributed by atoms with E-state index in [1.165, 1.54) is 5.38 Å². The van der Waals surface area contributed by atoms with Crippen LogP contribution >= 0.6 is 11.3 Å². The number of β-lactam (4-membered cyclic amide) rings is 1. The van der Waals surface area contributed by atoms with Crippen LogP contribution in [0.15, 0.2) is 10.5 Å². The Morgan fingerprint density at radius 1 is 1.52 bits per heavy atom. The molecule has 1 aromatic heterocycles. The molecule has 1 aromatic rings. The minimum Gasteiger partial charge on any atom is -0.546 e. The van der Waals surface area contributed by atoms with Crippen molar-refractivity contribution in [3.8, 4) is 0 Å². The van der Waals surface area contributed by atoms with Gasteiger partial charge in [-0.25, -0.2) is 4.98 Å². The van der Waals surface area contributed by atoms with Crippen molar-refractivity contribution in [1.29, 1.82) is 0 Å². The van der Waals surface area contributed by atoms with Gasteiger partial charge in [-0.1, -0.05) is 5.16 Å². The predicted molar refractivity (Wildman–Crippen MR) is 89.5 cm³/mol. The number of aliphatic carboxylic acids is 1. The summed E-state index contributed by atoms with van der Waals surface area (Å²) in [5, 5.41) is 18.5. The van der Waals surface area contributed by atoms with Crippen LogP contribution in [0, 0.1) is 0 Å². The first-order valence-corrected chi connectivity index (χ1v) is 9.53. The van der Waals surface area contributed by atoms with Gasteiger partial charge in [-0.2, -0.15) is 13.5 Å². The monoisotopic (exact) mass is 475 g/mol. The molecular formula is C12H14KN5O9S2. The number of carboxylic acid groups (broad SMARTS) is 1. The van der Waals surface area contributed by atoms with Gasteiger partial charge in [0.2, 0.25) is 0 Å². The Labute approximate surface area is 210 Å². The molecule has 1 aliphatic rings. The zero-order valence-electron chi connectivity index (χ0n) is 15.3. The quantitative estimate of drug-likeness (QED) is 0.106. The number of carbonyl (C=O) groups excluding carboxylic acids is 3. The average Bonchev–Trinajstić information content (AvgIpc) is 2.98. The van der Waals surface area contributed by atoms with Crippen LogP contribution in [0.25, 0.3) is 0 Å². The van der Waals surface area contributed by atoms with Crippen molar-refractivity contribution < 1.29 is 93.0 Å². The predicted octanol–water partition coefficient (Wildman–Crippen LogP) is -5.96.